The van der Waals surface area contributed by atoms with E-state index in [9.17, 15) is 0 Å². The maximum absolute atomic E-state index is 8.21. The topological polar surface area (TPSA) is 38.7 Å². The van der Waals surface area contributed by atoms with Crippen LogP contribution in [0.5, 0.6) is 0 Å². The molecule has 0 atom stereocenters. The number of rotatable bonds is 5. The monoisotopic (exact) mass is 136 g/mol. The first kappa shape index (κ1) is 8.10. The van der Waals surface area contributed by atoms with Gasteiger partial charge in [0.1, 0.15) is 10.5 Å². The van der Waals surface area contributed by atoms with Crippen LogP contribution in [0.25, 0.3) is 0 Å². The van der Waals surface area contributed by atoms with Gasteiger partial charge in [-0.2, -0.15) is 0 Å². The Labute approximate surface area is 52.1 Å². The molecule has 0 aromatic rings. The summed E-state index contributed by atoms with van der Waals surface area (Å²) in [6.45, 7) is 1.78. The summed E-state index contributed by atoms with van der Waals surface area (Å²) in [5.74, 6) is 0. The van der Waals surface area contributed by atoms with Crippen molar-refractivity contribution < 1.29 is 14.3 Å². The van der Waals surface area contributed by atoms with Crippen molar-refractivity contribution in [3.8, 4) is 0 Å². The van der Waals surface area contributed by atoms with Crippen LogP contribution in [0.1, 0.15) is 0 Å². The first-order valence-electron chi connectivity index (χ1n) is 2.59. The second-order valence-corrected chi connectivity index (χ2v) is 1.91. The molecule has 0 spiro atoms. The zero-order valence-electron chi connectivity index (χ0n) is 5.09. The molecule has 8 heavy (non-hydrogen) atoms. The largest absolute Gasteiger partial charge is 0.426 e. The zero-order chi connectivity index (χ0) is 6.24. The van der Waals surface area contributed by atoms with E-state index in [-0.39, 0.29) is 6.61 Å². The Morgan fingerprint density at radius 3 is 2.50 bits per heavy atom. The van der Waals surface area contributed by atoms with E-state index < -0.39 is 0 Å². The minimum absolute atomic E-state index is 0.0984. The molecule has 0 fully saturated rings. The Kier molecular flexibility index (Phi) is 7.18. The Balaban J connectivity index is 2.53. The average Bonchev–Trinajstić information content (AvgIpc) is 1.81. The van der Waals surface area contributed by atoms with Crippen LogP contribution in [0.4, 0.5) is 0 Å². The highest BCUT2D eigenvalue weighted by molar-refractivity contribution is 5.97. The molecular formula is C4H12O3Si. The second-order valence-electron chi connectivity index (χ2n) is 1.33. The zero-order valence-corrected chi connectivity index (χ0v) is 7.09. The minimum Gasteiger partial charge on any atom is -0.426 e. The van der Waals surface area contributed by atoms with Crippen LogP contribution in [0, 0.1) is 0 Å². The van der Waals surface area contributed by atoms with Crippen LogP contribution in [0.15, 0.2) is 0 Å². The predicted molar refractivity (Wildman–Crippen MR) is 33.8 cm³/mol. The Morgan fingerprint density at radius 1 is 1.25 bits per heavy atom. The molecule has 1 N–H and O–H groups in total. The van der Waals surface area contributed by atoms with Crippen molar-refractivity contribution in [3.63, 3.8) is 0 Å². The normalized spacial score (nSPS) is 10.1. The third-order valence-corrected chi connectivity index (χ3v) is 1.08. The van der Waals surface area contributed by atoms with Gasteiger partial charge in [-0.15, -0.1) is 0 Å². The molecule has 0 rings (SSSR count). The van der Waals surface area contributed by atoms with Gasteiger partial charge in [-0.25, -0.2) is 0 Å². The molecular weight excluding hydrogens is 124 g/mol. The molecule has 0 aromatic heterocycles. The van der Waals surface area contributed by atoms with E-state index in [1.165, 1.54) is 0 Å². The lowest BCUT2D eigenvalue weighted by Gasteiger charge is -1.98. The van der Waals surface area contributed by atoms with Crippen molar-refractivity contribution in [1.29, 1.82) is 0 Å². The fourth-order valence-corrected chi connectivity index (χ4v) is 0.476. The number of hydrogen-bond acceptors (Lipinski definition) is 3. The van der Waals surface area contributed by atoms with Crippen molar-refractivity contribution in [3.05, 3.63) is 0 Å². The highest BCUT2D eigenvalue weighted by Crippen LogP contribution is 1.72. The summed E-state index contributed by atoms with van der Waals surface area (Å²) in [6.07, 6.45) is 0. The van der Waals surface area contributed by atoms with E-state index >= 15 is 0 Å². The van der Waals surface area contributed by atoms with Crippen LogP contribution in [-0.2, 0) is 9.16 Å². The third-order valence-electron chi connectivity index (χ3n) is 0.667. The maximum Gasteiger partial charge on any atom is 0.146 e. The summed E-state index contributed by atoms with van der Waals surface area (Å²) in [6, 6.07) is 0. The van der Waals surface area contributed by atoms with Crippen LogP contribution in [0.2, 0.25) is 0 Å². The third kappa shape index (κ3) is 6.10. The van der Waals surface area contributed by atoms with Crippen molar-refractivity contribution in [2.75, 3.05) is 26.4 Å². The number of aliphatic hydroxyl groups is 1. The van der Waals surface area contributed by atoms with E-state index in [1.807, 2.05) is 0 Å². The fraction of sp³-hybridized carbons (Fsp3) is 1.00. The van der Waals surface area contributed by atoms with Gasteiger partial charge >= 0.3 is 0 Å². The Morgan fingerprint density at radius 2 is 2.00 bits per heavy atom. The Hall–Kier alpha value is 0.0969. The molecule has 0 saturated carbocycles. The fourth-order valence-electron chi connectivity index (χ4n) is 0.309. The molecule has 0 heterocycles. The predicted octanol–water partition coefficient (Wildman–Crippen LogP) is -1.71. The summed E-state index contributed by atoms with van der Waals surface area (Å²) in [5.41, 5.74) is 0. The van der Waals surface area contributed by atoms with Gasteiger partial charge in [0.25, 0.3) is 0 Å². The van der Waals surface area contributed by atoms with E-state index in [2.05, 4.69) is 0 Å². The molecule has 0 unspecified atom stereocenters. The smallest absolute Gasteiger partial charge is 0.146 e. The standard InChI is InChI=1S/C4H12O3Si/c5-1-2-6-3-4-7-8/h5H,1-4H2,8H3. The van der Waals surface area contributed by atoms with Gasteiger partial charge in [-0.05, 0) is 0 Å². The molecule has 0 aliphatic rings. The Bertz CT molecular complexity index is 36.3. The lowest BCUT2D eigenvalue weighted by molar-refractivity contribution is 0.0725. The van der Waals surface area contributed by atoms with Gasteiger partial charge in [0.15, 0.2) is 0 Å². The highest BCUT2D eigenvalue weighted by atomic mass is 28.2. The van der Waals surface area contributed by atoms with Gasteiger partial charge in [-0.3, -0.25) is 0 Å². The second kappa shape index (κ2) is 7.10. The van der Waals surface area contributed by atoms with Crippen molar-refractivity contribution >= 4 is 10.5 Å². The highest BCUT2D eigenvalue weighted by Gasteiger charge is 1.82. The van der Waals surface area contributed by atoms with E-state index in [4.69, 9.17) is 14.3 Å². The SMILES string of the molecule is OCCOCCO[SiH3]. The van der Waals surface area contributed by atoms with Crippen LogP contribution < -0.4 is 0 Å². The molecule has 4 heteroatoms. The quantitative estimate of drug-likeness (QED) is 0.361. The maximum atomic E-state index is 8.21. The lowest BCUT2D eigenvalue weighted by Crippen LogP contribution is -2.05. The molecule has 0 saturated heterocycles. The van der Waals surface area contributed by atoms with Crippen molar-refractivity contribution in [1.82, 2.24) is 0 Å². The van der Waals surface area contributed by atoms with Gasteiger partial charge in [0.05, 0.1) is 26.4 Å². The molecule has 0 amide bonds. The molecule has 0 aliphatic heterocycles. The van der Waals surface area contributed by atoms with Gasteiger partial charge in [0.2, 0.25) is 0 Å². The molecule has 0 bridgehead atoms. The summed E-state index contributed by atoms with van der Waals surface area (Å²) >= 11 is 0. The molecule has 50 valence electrons. The number of ether oxygens (including phenoxy) is 1. The van der Waals surface area contributed by atoms with E-state index in [1.54, 1.807) is 0 Å². The summed E-state index contributed by atoms with van der Waals surface area (Å²) in [5, 5.41) is 8.21. The minimum atomic E-state index is 0.0984. The molecule has 0 aromatic carbocycles. The van der Waals surface area contributed by atoms with Crippen LogP contribution >= 0.6 is 0 Å². The molecule has 0 aliphatic carbocycles. The van der Waals surface area contributed by atoms with E-state index in [0.717, 1.165) is 10.5 Å². The number of hydrogen-bond donors (Lipinski definition) is 1. The van der Waals surface area contributed by atoms with Crippen molar-refractivity contribution in [2.45, 2.75) is 0 Å². The summed E-state index contributed by atoms with van der Waals surface area (Å²) < 4.78 is 9.69. The molecule has 3 nitrogen and oxygen atoms in total. The van der Waals surface area contributed by atoms with Crippen LogP contribution in [0.3, 0.4) is 0 Å². The average molecular weight is 136 g/mol. The lowest BCUT2D eigenvalue weighted by atomic mass is 10.7. The first-order valence-corrected chi connectivity index (χ1v) is 3.41. The van der Waals surface area contributed by atoms with Crippen LogP contribution in [-0.4, -0.2) is 42.0 Å². The first-order chi connectivity index (χ1) is 3.91. The van der Waals surface area contributed by atoms with Gasteiger partial charge in [0, 0.05) is 0 Å². The molecule has 0 radical (unpaired) electrons. The van der Waals surface area contributed by atoms with Gasteiger partial charge < -0.3 is 14.3 Å². The van der Waals surface area contributed by atoms with E-state index in [0.29, 0.717) is 19.8 Å². The van der Waals surface area contributed by atoms with Gasteiger partial charge in [-0.1, -0.05) is 0 Å². The number of aliphatic hydroxyl groups excluding tert-OH is 1. The summed E-state index contributed by atoms with van der Waals surface area (Å²) in [4.78, 5) is 0. The van der Waals surface area contributed by atoms with Crippen molar-refractivity contribution in [2.24, 2.45) is 0 Å². The summed E-state index contributed by atoms with van der Waals surface area (Å²) in [7, 11) is 0.765.